The minimum Gasteiger partial charge on any atom is -0.334 e. The average molecular weight is 387 g/mol. The van der Waals surface area contributed by atoms with Crippen molar-refractivity contribution in [2.24, 2.45) is 0 Å². The SMILES string of the molecule is O=C(c1cc2c(=O)n3ccccc3nc2s1)N1CC=C(c2ccccc2)CC1. The third kappa shape index (κ3) is 2.82. The molecule has 1 aliphatic heterocycles. The van der Waals surface area contributed by atoms with Gasteiger partial charge in [-0.15, -0.1) is 11.3 Å². The molecule has 138 valence electrons. The lowest BCUT2D eigenvalue weighted by Gasteiger charge is -2.26. The van der Waals surface area contributed by atoms with E-state index in [4.69, 9.17) is 0 Å². The van der Waals surface area contributed by atoms with Crippen LogP contribution in [0.4, 0.5) is 0 Å². The van der Waals surface area contributed by atoms with Gasteiger partial charge in [0.05, 0.1) is 10.3 Å². The second-order valence-corrected chi connectivity index (χ2v) is 7.80. The number of aromatic nitrogens is 2. The maximum Gasteiger partial charge on any atom is 0.266 e. The van der Waals surface area contributed by atoms with Crippen LogP contribution in [0, 0.1) is 0 Å². The van der Waals surface area contributed by atoms with Crippen molar-refractivity contribution in [2.75, 3.05) is 13.1 Å². The first kappa shape index (κ1) is 16.9. The Kier molecular flexibility index (Phi) is 4.06. The van der Waals surface area contributed by atoms with Crippen molar-refractivity contribution in [3.05, 3.63) is 87.7 Å². The van der Waals surface area contributed by atoms with Crippen molar-refractivity contribution < 1.29 is 4.79 Å². The first-order valence-electron chi connectivity index (χ1n) is 9.15. The predicted molar refractivity (Wildman–Crippen MR) is 112 cm³/mol. The number of benzene rings is 1. The molecule has 0 saturated heterocycles. The number of fused-ring (bicyclic) bond motifs is 2. The predicted octanol–water partition coefficient (Wildman–Crippen LogP) is 3.84. The third-order valence-corrected chi connectivity index (χ3v) is 6.08. The van der Waals surface area contributed by atoms with E-state index < -0.39 is 0 Å². The molecule has 6 heteroatoms. The highest BCUT2D eigenvalue weighted by Gasteiger charge is 2.22. The van der Waals surface area contributed by atoms with Crippen LogP contribution in [-0.2, 0) is 0 Å². The zero-order valence-electron chi connectivity index (χ0n) is 15.0. The fourth-order valence-electron chi connectivity index (χ4n) is 3.58. The number of rotatable bonds is 2. The van der Waals surface area contributed by atoms with E-state index in [0.717, 1.165) is 6.42 Å². The molecule has 0 N–H and O–H groups in total. The molecule has 0 fully saturated rings. The summed E-state index contributed by atoms with van der Waals surface area (Å²) in [5.74, 6) is -0.0418. The summed E-state index contributed by atoms with van der Waals surface area (Å²) < 4.78 is 1.51. The minimum atomic E-state index is -0.138. The van der Waals surface area contributed by atoms with Crippen LogP contribution in [0.25, 0.3) is 21.4 Å². The van der Waals surface area contributed by atoms with Crippen molar-refractivity contribution in [3.8, 4) is 0 Å². The Bertz CT molecular complexity index is 1290. The van der Waals surface area contributed by atoms with Gasteiger partial charge in [-0.05, 0) is 35.8 Å². The zero-order chi connectivity index (χ0) is 19.1. The fraction of sp³-hybridized carbons (Fsp3) is 0.136. The van der Waals surface area contributed by atoms with Gasteiger partial charge in [0.1, 0.15) is 10.5 Å². The number of thiophene rings is 1. The molecule has 0 aliphatic carbocycles. The minimum absolute atomic E-state index is 0.0418. The topological polar surface area (TPSA) is 54.7 Å². The molecule has 0 saturated carbocycles. The third-order valence-electron chi connectivity index (χ3n) is 5.07. The van der Waals surface area contributed by atoms with Gasteiger partial charge < -0.3 is 4.90 Å². The van der Waals surface area contributed by atoms with E-state index in [-0.39, 0.29) is 11.5 Å². The standard InChI is InChI=1S/C22H17N3O2S/c26-21-17-14-18(28-20(17)23-19-8-4-5-11-25(19)21)22(27)24-12-9-16(10-13-24)15-6-2-1-3-7-15/h1-9,11,14H,10,12-13H2. The molecule has 0 atom stereocenters. The molecular weight excluding hydrogens is 370 g/mol. The second kappa shape index (κ2) is 6.73. The Morgan fingerprint density at radius 2 is 1.89 bits per heavy atom. The van der Waals surface area contributed by atoms with E-state index in [2.05, 4.69) is 23.2 Å². The Balaban J connectivity index is 1.45. The Morgan fingerprint density at radius 3 is 2.68 bits per heavy atom. The molecule has 0 unspecified atom stereocenters. The monoisotopic (exact) mass is 387 g/mol. The van der Waals surface area contributed by atoms with E-state index in [1.165, 1.54) is 26.9 Å². The summed E-state index contributed by atoms with van der Waals surface area (Å²) in [6.07, 6.45) is 4.64. The summed E-state index contributed by atoms with van der Waals surface area (Å²) in [5.41, 5.74) is 2.93. The lowest BCUT2D eigenvalue weighted by molar-refractivity contribution is 0.0778. The van der Waals surface area contributed by atoms with E-state index in [1.54, 1.807) is 24.4 Å². The van der Waals surface area contributed by atoms with Crippen LogP contribution >= 0.6 is 11.3 Å². The number of hydrogen-bond acceptors (Lipinski definition) is 4. The molecule has 4 aromatic rings. The van der Waals surface area contributed by atoms with Crippen molar-refractivity contribution >= 4 is 38.7 Å². The number of amides is 1. The highest BCUT2D eigenvalue weighted by molar-refractivity contribution is 7.20. The number of carbonyl (C=O) groups excluding carboxylic acids is 1. The molecule has 0 bridgehead atoms. The van der Waals surface area contributed by atoms with Gasteiger partial charge in [-0.25, -0.2) is 4.98 Å². The second-order valence-electron chi connectivity index (χ2n) is 6.77. The summed E-state index contributed by atoms with van der Waals surface area (Å²) in [4.78, 5) is 33.2. The van der Waals surface area contributed by atoms with E-state index >= 15 is 0 Å². The van der Waals surface area contributed by atoms with Crippen molar-refractivity contribution in [1.82, 2.24) is 14.3 Å². The Hall–Kier alpha value is -3.25. The van der Waals surface area contributed by atoms with Crippen LogP contribution in [0.15, 0.2) is 71.7 Å². The summed E-state index contributed by atoms with van der Waals surface area (Å²) in [6.45, 7) is 1.24. The number of hydrogen-bond donors (Lipinski definition) is 0. The molecule has 1 amide bonds. The lowest BCUT2D eigenvalue weighted by atomic mass is 9.99. The summed E-state index contributed by atoms with van der Waals surface area (Å²) >= 11 is 1.29. The molecule has 5 rings (SSSR count). The molecular formula is C22H17N3O2S. The molecule has 5 nitrogen and oxygen atoms in total. The van der Waals surface area contributed by atoms with Gasteiger partial charge in [0.25, 0.3) is 11.5 Å². The summed E-state index contributed by atoms with van der Waals surface area (Å²) in [6, 6.07) is 17.4. The molecule has 28 heavy (non-hydrogen) atoms. The van der Waals surface area contributed by atoms with Gasteiger partial charge in [-0.1, -0.05) is 42.5 Å². The van der Waals surface area contributed by atoms with Crippen LogP contribution < -0.4 is 5.56 Å². The van der Waals surface area contributed by atoms with Crippen LogP contribution in [0.5, 0.6) is 0 Å². The van der Waals surface area contributed by atoms with E-state index in [0.29, 0.717) is 33.8 Å². The number of carbonyl (C=O) groups is 1. The highest BCUT2D eigenvalue weighted by Crippen LogP contribution is 2.26. The van der Waals surface area contributed by atoms with Crippen LogP contribution in [0.1, 0.15) is 21.7 Å². The molecule has 0 spiro atoms. The molecule has 1 aromatic carbocycles. The number of nitrogens with zero attached hydrogens (tertiary/aromatic N) is 3. The fourth-order valence-corrected chi connectivity index (χ4v) is 4.57. The number of pyridine rings is 1. The smallest absolute Gasteiger partial charge is 0.266 e. The quantitative estimate of drug-likeness (QED) is 0.525. The van der Waals surface area contributed by atoms with Gasteiger partial charge in [0.15, 0.2) is 0 Å². The van der Waals surface area contributed by atoms with E-state index in [9.17, 15) is 9.59 Å². The van der Waals surface area contributed by atoms with Gasteiger partial charge >= 0.3 is 0 Å². The first-order valence-corrected chi connectivity index (χ1v) is 9.97. The normalized spacial score (nSPS) is 14.4. The summed E-state index contributed by atoms with van der Waals surface area (Å²) in [5, 5.41) is 0.495. The molecule has 0 radical (unpaired) electrons. The summed E-state index contributed by atoms with van der Waals surface area (Å²) in [7, 11) is 0. The maximum atomic E-state index is 13.0. The molecule has 1 aliphatic rings. The van der Waals surface area contributed by atoms with Crippen molar-refractivity contribution in [3.63, 3.8) is 0 Å². The van der Waals surface area contributed by atoms with Crippen LogP contribution in [0.2, 0.25) is 0 Å². The zero-order valence-corrected chi connectivity index (χ0v) is 15.9. The Morgan fingerprint density at radius 1 is 1.07 bits per heavy atom. The average Bonchev–Trinajstić information content (AvgIpc) is 3.19. The van der Waals surface area contributed by atoms with Gasteiger partial charge in [0.2, 0.25) is 0 Å². The van der Waals surface area contributed by atoms with E-state index in [1.807, 2.05) is 29.2 Å². The van der Waals surface area contributed by atoms with Crippen molar-refractivity contribution in [1.29, 1.82) is 0 Å². The van der Waals surface area contributed by atoms with Gasteiger partial charge in [0, 0.05) is 19.3 Å². The largest absolute Gasteiger partial charge is 0.334 e. The van der Waals surface area contributed by atoms with Crippen molar-refractivity contribution in [2.45, 2.75) is 6.42 Å². The molecule has 4 heterocycles. The molecule has 3 aromatic heterocycles. The Labute approximate surface area is 165 Å². The van der Waals surface area contributed by atoms with Crippen LogP contribution in [0.3, 0.4) is 0 Å². The highest BCUT2D eigenvalue weighted by atomic mass is 32.1. The lowest BCUT2D eigenvalue weighted by Crippen LogP contribution is -2.34. The first-order chi connectivity index (χ1) is 13.7. The maximum absolute atomic E-state index is 13.0. The van der Waals surface area contributed by atoms with Gasteiger partial charge in [-0.3, -0.25) is 14.0 Å². The van der Waals surface area contributed by atoms with Crippen LogP contribution in [-0.4, -0.2) is 33.3 Å². The van der Waals surface area contributed by atoms with Gasteiger partial charge in [-0.2, -0.15) is 0 Å².